The molecule has 0 atom stereocenters. The molecule has 1 fully saturated rings. The summed E-state index contributed by atoms with van der Waals surface area (Å²) in [6, 6.07) is 3.23. The number of methoxy groups -OCH3 is 1. The quantitative estimate of drug-likeness (QED) is 0.682. The van der Waals surface area contributed by atoms with Crippen molar-refractivity contribution in [2.45, 2.75) is 6.42 Å². The van der Waals surface area contributed by atoms with Crippen LogP contribution in [0.3, 0.4) is 0 Å². The topological polar surface area (TPSA) is 75.7 Å². The molecule has 1 aromatic rings. The Hall–Kier alpha value is -0.580. The zero-order valence-corrected chi connectivity index (χ0v) is 15.7. The van der Waals surface area contributed by atoms with Crippen LogP contribution >= 0.6 is 34.2 Å². The van der Waals surface area contributed by atoms with Gasteiger partial charge in [-0.3, -0.25) is 4.79 Å². The van der Waals surface area contributed by atoms with E-state index in [1.807, 2.05) is 0 Å². The van der Waals surface area contributed by atoms with Gasteiger partial charge in [0.1, 0.15) is 5.75 Å². The molecule has 1 aromatic carbocycles. The summed E-state index contributed by atoms with van der Waals surface area (Å²) in [5.74, 6) is 0.272. The molecule has 1 N–H and O–H groups in total. The lowest BCUT2D eigenvalue weighted by atomic mass is 10.2. The summed E-state index contributed by atoms with van der Waals surface area (Å²) in [5, 5.41) is 3.17. The Morgan fingerprint density at radius 3 is 2.82 bits per heavy atom. The molecule has 1 saturated heterocycles. The van der Waals surface area contributed by atoms with Crippen LogP contribution in [0.4, 0.5) is 0 Å². The molecule has 0 aromatic heterocycles. The zero-order chi connectivity index (χ0) is 16.3. The van der Waals surface area contributed by atoms with Gasteiger partial charge in [-0.25, -0.2) is 12.7 Å². The molecule has 0 bridgehead atoms. The summed E-state index contributed by atoms with van der Waals surface area (Å²) in [4.78, 5) is 12.2. The van der Waals surface area contributed by atoms with E-state index in [0.29, 0.717) is 29.3 Å². The fourth-order valence-electron chi connectivity index (χ4n) is 2.21. The Kier molecular flexibility index (Phi) is 5.92. The number of carbonyl (C=O) groups excluding carboxylic acids is 1. The second-order valence-electron chi connectivity index (χ2n) is 4.79. The predicted octanol–water partition coefficient (Wildman–Crippen LogP) is 1.72. The summed E-state index contributed by atoms with van der Waals surface area (Å²) in [5.41, 5.74) is 0.331. The largest absolute Gasteiger partial charge is 0.496 e. The van der Waals surface area contributed by atoms with Crippen LogP contribution in [-0.4, -0.2) is 51.1 Å². The second-order valence-corrected chi connectivity index (χ2v) is 8.45. The lowest BCUT2D eigenvalue weighted by Gasteiger charge is -2.15. The van der Waals surface area contributed by atoms with Crippen LogP contribution in [0.15, 0.2) is 12.1 Å². The second kappa shape index (κ2) is 7.33. The predicted molar refractivity (Wildman–Crippen MR) is 93.0 cm³/mol. The normalized spacial score (nSPS) is 17.4. The molecule has 9 heteroatoms. The summed E-state index contributed by atoms with van der Waals surface area (Å²) in [7, 11) is -1.66. The molecule has 0 aliphatic carbocycles. The summed E-state index contributed by atoms with van der Waals surface area (Å²) in [6.07, 6.45) is 0.636. The van der Waals surface area contributed by atoms with Gasteiger partial charge in [0.05, 0.1) is 23.4 Å². The van der Waals surface area contributed by atoms with Crippen molar-refractivity contribution in [3.05, 3.63) is 26.3 Å². The summed E-state index contributed by atoms with van der Waals surface area (Å²) >= 11 is 8.09. The standard InChI is InChI=1S/C13H16ClIN2O4S/c1-21-12-8-11(15)10(14)7-9(12)13(18)16-3-5-17-4-2-6-22(17,19)20/h7-8H,2-6H2,1H3,(H,16,18). The number of ether oxygens (including phenoxy) is 1. The number of rotatable bonds is 5. The highest BCUT2D eigenvalue weighted by Gasteiger charge is 2.27. The first-order valence-electron chi connectivity index (χ1n) is 6.64. The third kappa shape index (κ3) is 4.03. The Labute approximate surface area is 148 Å². The van der Waals surface area contributed by atoms with Gasteiger partial charge in [0, 0.05) is 23.2 Å². The molecule has 1 amide bonds. The fraction of sp³-hybridized carbons (Fsp3) is 0.462. The van der Waals surface area contributed by atoms with Gasteiger partial charge in [0.2, 0.25) is 10.0 Å². The maximum atomic E-state index is 12.2. The third-order valence-corrected chi connectivity index (χ3v) is 6.82. The lowest BCUT2D eigenvalue weighted by molar-refractivity contribution is 0.0949. The van der Waals surface area contributed by atoms with E-state index in [4.69, 9.17) is 16.3 Å². The molecule has 1 heterocycles. The first kappa shape index (κ1) is 17.8. The molecule has 0 saturated carbocycles. The van der Waals surface area contributed by atoms with E-state index in [0.717, 1.165) is 3.57 Å². The maximum absolute atomic E-state index is 12.2. The van der Waals surface area contributed by atoms with Crippen molar-refractivity contribution in [3.63, 3.8) is 0 Å². The first-order valence-corrected chi connectivity index (χ1v) is 9.71. The highest BCUT2D eigenvalue weighted by Crippen LogP contribution is 2.28. The Bertz CT molecular complexity index is 681. The van der Waals surface area contributed by atoms with Gasteiger partial charge in [0.15, 0.2) is 0 Å². The minimum atomic E-state index is -3.14. The number of nitrogens with zero attached hydrogens (tertiary/aromatic N) is 1. The number of halogens is 2. The van der Waals surface area contributed by atoms with Crippen molar-refractivity contribution in [3.8, 4) is 5.75 Å². The average Bonchev–Trinajstić information content (AvgIpc) is 2.80. The monoisotopic (exact) mass is 458 g/mol. The number of hydrogen-bond acceptors (Lipinski definition) is 4. The number of hydrogen-bond donors (Lipinski definition) is 1. The maximum Gasteiger partial charge on any atom is 0.255 e. The third-order valence-electron chi connectivity index (χ3n) is 3.34. The molecule has 0 unspecified atom stereocenters. The van der Waals surface area contributed by atoms with E-state index in [9.17, 15) is 13.2 Å². The van der Waals surface area contributed by atoms with E-state index in [-0.39, 0.29) is 24.7 Å². The Morgan fingerprint density at radius 2 is 2.23 bits per heavy atom. The van der Waals surface area contributed by atoms with Gasteiger partial charge in [0.25, 0.3) is 5.91 Å². The molecule has 1 aliphatic rings. The molecule has 0 radical (unpaired) electrons. The van der Waals surface area contributed by atoms with Crippen LogP contribution in [0.2, 0.25) is 5.02 Å². The summed E-state index contributed by atoms with van der Waals surface area (Å²) < 4.78 is 30.7. The van der Waals surface area contributed by atoms with Crippen LogP contribution in [0.5, 0.6) is 5.75 Å². The molecule has 122 valence electrons. The minimum Gasteiger partial charge on any atom is -0.496 e. The molecule has 2 rings (SSSR count). The molecular formula is C13H16ClIN2O4S. The molecule has 0 spiro atoms. The van der Waals surface area contributed by atoms with Gasteiger partial charge in [-0.1, -0.05) is 11.6 Å². The number of carbonyl (C=O) groups is 1. The van der Waals surface area contributed by atoms with Crippen LogP contribution < -0.4 is 10.1 Å². The molecular weight excluding hydrogens is 443 g/mol. The highest BCUT2D eigenvalue weighted by atomic mass is 127. The van der Waals surface area contributed by atoms with Gasteiger partial charge in [-0.05, 0) is 41.1 Å². The van der Waals surface area contributed by atoms with Crippen molar-refractivity contribution in [2.24, 2.45) is 0 Å². The van der Waals surface area contributed by atoms with Gasteiger partial charge in [-0.2, -0.15) is 0 Å². The molecule has 22 heavy (non-hydrogen) atoms. The highest BCUT2D eigenvalue weighted by molar-refractivity contribution is 14.1. The molecule has 6 nitrogen and oxygen atoms in total. The van der Waals surface area contributed by atoms with Crippen molar-refractivity contribution in [2.75, 3.05) is 32.5 Å². The molecule has 1 aliphatic heterocycles. The van der Waals surface area contributed by atoms with Crippen molar-refractivity contribution in [1.82, 2.24) is 9.62 Å². The number of benzene rings is 1. The van der Waals surface area contributed by atoms with Crippen LogP contribution in [-0.2, 0) is 10.0 Å². The van der Waals surface area contributed by atoms with Crippen LogP contribution in [0.25, 0.3) is 0 Å². The van der Waals surface area contributed by atoms with E-state index >= 15 is 0 Å². The van der Waals surface area contributed by atoms with E-state index in [1.54, 1.807) is 12.1 Å². The number of amides is 1. The first-order chi connectivity index (χ1) is 10.3. The van der Waals surface area contributed by atoms with Crippen molar-refractivity contribution >= 4 is 50.1 Å². The lowest BCUT2D eigenvalue weighted by Crippen LogP contribution is -2.36. The number of sulfonamides is 1. The van der Waals surface area contributed by atoms with Gasteiger partial charge >= 0.3 is 0 Å². The van der Waals surface area contributed by atoms with Crippen LogP contribution in [0.1, 0.15) is 16.8 Å². The van der Waals surface area contributed by atoms with Gasteiger partial charge in [-0.15, -0.1) is 0 Å². The average molecular weight is 459 g/mol. The summed E-state index contributed by atoms with van der Waals surface area (Å²) in [6.45, 7) is 1.02. The van der Waals surface area contributed by atoms with Gasteiger partial charge < -0.3 is 10.1 Å². The Morgan fingerprint density at radius 1 is 1.50 bits per heavy atom. The zero-order valence-electron chi connectivity index (χ0n) is 11.9. The Balaban J connectivity index is 1.99. The smallest absolute Gasteiger partial charge is 0.255 e. The van der Waals surface area contributed by atoms with Crippen LogP contribution in [0, 0.1) is 3.57 Å². The van der Waals surface area contributed by atoms with Crippen molar-refractivity contribution in [1.29, 1.82) is 0 Å². The van der Waals surface area contributed by atoms with E-state index in [2.05, 4.69) is 27.9 Å². The van der Waals surface area contributed by atoms with Crippen molar-refractivity contribution < 1.29 is 17.9 Å². The van der Waals surface area contributed by atoms with E-state index in [1.165, 1.54) is 11.4 Å². The minimum absolute atomic E-state index is 0.182. The fourth-order valence-corrected chi connectivity index (χ4v) is 4.34. The SMILES string of the molecule is COc1cc(I)c(Cl)cc1C(=O)NCCN1CCCS1(=O)=O. The van der Waals surface area contributed by atoms with E-state index < -0.39 is 10.0 Å². The number of nitrogens with one attached hydrogen (secondary N) is 1.